The Hall–Kier alpha value is -3.14. The highest BCUT2D eigenvalue weighted by Crippen LogP contribution is 2.33. The summed E-state index contributed by atoms with van der Waals surface area (Å²) in [5, 5.41) is 4.18. The van der Waals surface area contributed by atoms with Gasteiger partial charge >= 0.3 is 0 Å². The van der Waals surface area contributed by atoms with E-state index in [0.717, 1.165) is 50.7 Å². The molecule has 1 N–H and O–H groups in total. The zero-order valence-electron chi connectivity index (χ0n) is 18.5. The monoisotopic (exact) mass is 527 g/mol. The number of halogens is 1. The molecule has 1 heterocycles. The molecule has 1 aliphatic carbocycles. The van der Waals surface area contributed by atoms with Gasteiger partial charge in [0.15, 0.2) is 5.82 Å². The van der Waals surface area contributed by atoms with Crippen molar-refractivity contribution in [1.29, 1.82) is 0 Å². The summed E-state index contributed by atoms with van der Waals surface area (Å²) in [6.07, 6.45) is 5.90. The van der Waals surface area contributed by atoms with E-state index in [1.165, 1.54) is 5.56 Å². The van der Waals surface area contributed by atoms with E-state index in [9.17, 15) is 4.79 Å². The molecule has 0 fully saturated rings. The van der Waals surface area contributed by atoms with Crippen LogP contribution in [0.4, 0.5) is 5.82 Å². The Labute approximate surface area is 209 Å². The fraction of sp³-hybridized carbons (Fsp3) is 0.107. The van der Waals surface area contributed by atoms with E-state index in [2.05, 4.69) is 48.7 Å². The molecule has 4 nitrogen and oxygen atoms in total. The Balaban J connectivity index is 1.50. The van der Waals surface area contributed by atoms with Gasteiger partial charge in [-0.05, 0) is 53.0 Å². The number of nitrogens with one attached hydrogen (secondary N) is 1. The van der Waals surface area contributed by atoms with Crippen LogP contribution in [0.15, 0.2) is 77.3 Å². The Bertz CT molecular complexity index is 1390. The number of anilines is 1. The Kier molecular flexibility index (Phi) is 6.66. The number of fused-ring (bicyclic) bond motifs is 3. The molecule has 0 radical (unpaired) electrons. The summed E-state index contributed by atoms with van der Waals surface area (Å²) in [6, 6.07) is 24.2. The van der Waals surface area contributed by atoms with Crippen molar-refractivity contribution in [3.63, 3.8) is 0 Å². The quantitative estimate of drug-likeness (QED) is 0.331. The van der Waals surface area contributed by atoms with Crippen LogP contribution in [0, 0.1) is 0 Å². The van der Waals surface area contributed by atoms with Crippen molar-refractivity contribution in [2.45, 2.75) is 19.3 Å². The van der Waals surface area contributed by atoms with E-state index < -0.39 is 0 Å². The number of aromatic nitrogens is 2. The minimum atomic E-state index is -0.116. The molecule has 0 saturated heterocycles. The van der Waals surface area contributed by atoms with E-state index in [1.54, 1.807) is 0 Å². The SMILES string of the molecule is O=C(Cc1ccc(Br)cc1)Nc1nc2c(nc1/C=C/c1ccccc1)-c1ccc(P)cc1CC2. The average molecular weight is 528 g/mol. The predicted octanol–water partition coefficient (Wildman–Crippen LogP) is 5.86. The van der Waals surface area contributed by atoms with Crippen molar-refractivity contribution in [3.05, 3.63) is 105 Å². The molecule has 168 valence electrons. The average Bonchev–Trinajstić information content (AvgIpc) is 2.84. The summed E-state index contributed by atoms with van der Waals surface area (Å²) < 4.78 is 0.986. The van der Waals surface area contributed by atoms with Gasteiger partial charge in [0.05, 0.1) is 17.8 Å². The molecule has 34 heavy (non-hydrogen) atoms. The number of amides is 1. The van der Waals surface area contributed by atoms with Crippen LogP contribution in [0.25, 0.3) is 23.4 Å². The Morgan fingerprint density at radius 2 is 1.76 bits per heavy atom. The predicted molar refractivity (Wildman–Crippen MR) is 146 cm³/mol. The molecule has 0 aliphatic heterocycles. The molecule has 4 aromatic rings. The summed E-state index contributed by atoms with van der Waals surface area (Å²) in [7, 11) is 2.76. The molecule has 0 spiro atoms. The van der Waals surface area contributed by atoms with Gasteiger partial charge in [0, 0.05) is 10.0 Å². The third kappa shape index (κ3) is 5.16. The highest BCUT2D eigenvalue weighted by molar-refractivity contribution is 9.10. The highest BCUT2D eigenvalue weighted by atomic mass is 79.9. The van der Waals surface area contributed by atoms with Gasteiger partial charge in [0.1, 0.15) is 5.69 Å². The normalized spacial score (nSPS) is 12.3. The number of aryl methyl sites for hydroxylation is 2. The van der Waals surface area contributed by atoms with Crippen molar-refractivity contribution in [1.82, 2.24) is 9.97 Å². The zero-order valence-corrected chi connectivity index (χ0v) is 21.2. The minimum absolute atomic E-state index is 0.116. The van der Waals surface area contributed by atoms with Crippen LogP contribution >= 0.6 is 25.2 Å². The summed E-state index contributed by atoms with van der Waals surface area (Å²) >= 11 is 3.43. The van der Waals surface area contributed by atoms with Gasteiger partial charge in [-0.15, -0.1) is 9.24 Å². The van der Waals surface area contributed by atoms with Crippen molar-refractivity contribution in [2.24, 2.45) is 0 Å². The van der Waals surface area contributed by atoms with Crippen LogP contribution in [0.2, 0.25) is 0 Å². The second-order valence-electron chi connectivity index (χ2n) is 8.26. The molecule has 1 unspecified atom stereocenters. The fourth-order valence-corrected chi connectivity index (χ4v) is 4.65. The molecule has 1 aliphatic rings. The number of rotatable bonds is 5. The van der Waals surface area contributed by atoms with Gasteiger partial charge in [-0.1, -0.05) is 82.7 Å². The highest BCUT2D eigenvalue weighted by Gasteiger charge is 2.22. The molecule has 1 atom stereocenters. The minimum Gasteiger partial charge on any atom is -0.309 e. The molecular weight excluding hydrogens is 505 g/mol. The van der Waals surface area contributed by atoms with Crippen LogP contribution in [-0.4, -0.2) is 15.9 Å². The van der Waals surface area contributed by atoms with Gasteiger partial charge in [0.25, 0.3) is 0 Å². The second kappa shape index (κ2) is 10.0. The van der Waals surface area contributed by atoms with E-state index in [-0.39, 0.29) is 12.3 Å². The molecule has 1 aromatic heterocycles. The zero-order chi connectivity index (χ0) is 23.5. The molecule has 5 rings (SSSR count). The van der Waals surface area contributed by atoms with E-state index in [1.807, 2.05) is 66.7 Å². The van der Waals surface area contributed by atoms with Gasteiger partial charge in [-0.25, -0.2) is 9.97 Å². The van der Waals surface area contributed by atoms with Gasteiger partial charge in [-0.3, -0.25) is 4.79 Å². The van der Waals surface area contributed by atoms with Crippen LogP contribution < -0.4 is 10.6 Å². The Morgan fingerprint density at radius 3 is 2.56 bits per heavy atom. The van der Waals surface area contributed by atoms with Gasteiger partial charge in [-0.2, -0.15) is 0 Å². The Morgan fingerprint density at radius 1 is 0.971 bits per heavy atom. The van der Waals surface area contributed by atoms with Crippen molar-refractivity contribution in [2.75, 3.05) is 5.32 Å². The molecule has 1 amide bonds. The lowest BCUT2D eigenvalue weighted by Gasteiger charge is -2.20. The van der Waals surface area contributed by atoms with E-state index >= 15 is 0 Å². The van der Waals surface area contributed by atoms with Crippen LogP contribution in [0.1, 0.15) is 28.1 Å². The molecule has 0 saturated carbocycles. The van der Waals surface area contributed by atoms with E-state index in [0.29, 0.717) is 11.5 Å². The lowest BCUT2D eigenvalue weighted by molar-refractivity contribution is -0.115. The maximum atomic E-state index is 12.9. The topological polar surface area (TPSA) is 54.9 Å². The summed E-state index contributed by atoms with van der Waals surface area (Å²) in [6.45, 7) is 0. The van der Waals surface area contributed by atoms with Crippen molar-refractivity contribution in [3.8, 4) is 11.3 Å². The number of carbonyl (C=O) groups excluding carboxylic acids is 1. The summed E-state index contributed by atoms with van der Waals surface area (Å²) in [5.41, 5.74) is 6.85. The molecule has 6 heteroatoms. The van der Waals surface area contributed by atoms with Crippen LogP contribution in [-0.2, 0) is 24.1 Å². The maximum absolute atomic E-state index is 12.9. The van der Waals surface area contributed by atoms with Crippen LogP contribution in [0.3, 0.4) is 0 Å². The van der Waals surface area contributed by atoms with Crippen molar-refractivity contribution >= 4 is 54.4 Å². The largest absolute Gasteiger partial charge is 0.309 e. The summed E-state index contributed by atoms with van der Waals surface area (Å²) in [4.78, 5) is 22.8. The third-order valence-corrected chi connectivity index (χ3v) is 6.67. The summed E-state index contributed by atoms with van der Waals surface area (Å²) in [5.74, 6) is 0.383. The number of benzene rings is 3. The first-order valence-corrected chi connectivity index (χ1v) is 12.5. The number of carbonyl (C=O) groups is 1. The fourth-order valence-electron chi connectivity index (χ4n) is 4.09. The first-order chi connectivity index (χ1) is 16.5. The maximum Gasteiger partial charge on any atom is 0.230 e. The number of hydrogen-bond donors (Lipinski definition) is 1. The van der Waals surface area contributed by atoms with Gasteiger partial charge in [0.2, 0.25) is 5.91 Å². The van der Waals surface area contributed by atoms with Crippen molar-refractivity contribution < 1.29 is 4.79 Å². The first kappa shape index (κ1) is 22.6. The molecule has 3 aromatic carbocycles. The lowest BCUT2D eigenvalue weighted by atomic mass is 9.91. The lowest BCUT2D eigenvalue weighted by Crippen LogP contribution is -2.19. The molecule has 0 bridgehead atoms. The number of nitrogens with zero attached hydrogens (tertiary/aromatic N) is 2. The first-order valence-electron chi connectivity index (χ1n) is 11.1. The molecular formula is C28H23BrN3OP. The van der Waals surface area contributed by atoms with Gasteiger partial charge < -0.3 is 5.32 Å². The van der Waals surface area contributed by atoms with Crippen LogP contribution in [0.5, 0.6) is 0 Å². The van der Waals surface area contributed by atoms with E-state index in [4.69, 9.17) is 9.97 Å². The second-order valence-corrected chi connectivity index (χ2v) is 9.85. The number of hydrogen-bond acceptors (Lipinski definition) is 3. The third-order valence-electron chi connectivity index (χ3n) is 5.78. The standard InChI is InChI=1S/C28H23BrN3OP/c29-21-10-6-19(7-11-21)16-26(33)32-28-25(14-8-18-4-2-1-3-5-18)30-27-23-13-12-22(34)17-20(23)9-15-24(27)31-28/h1-8,10-14,17H,9,15-16,34H2,(H,31,32,33)/b14-8+. The smallest absolute Gasteiger partial charge is 0.230 e.